The number of anilines is 4. The zero-order valence-corrected chi connectivity index (χ0v) is 50.3. The average Bonchev–Trinajstić information content (AvgIpc) is 0.742. The molecule has 414 valence electrons. The fourth-order valence-electron chi connectivity index (χ4n) is 14.5. The molecule has 14 aromatic rings. The summed E-state index contributed by atoms with van der Waals surface area (Å²) >= 11 is 3.70. The first kappa shape index (κ1) is 52.6. The van der Waals surface area contributed by atoms with E-state index in [0.717, 1.165) is 4.47 Å². The van der Waals surface area contributed by atoms with Crippen molar-refractivity contribution >= 4 is 74.2 Å². The van der Waals surface area contributed by atoms with Crippen LogP contribution in [0, 0.1) is 0 Å². The van der Waals surface area contributed by atoms with Gasteiger partial charge in [-0.3, -0.25) is 0 Å². The molecule has 4 aliphatic rings. The molecule has 0 saturated carbocycles. The van der Waals surface area contributed by atoms with E-state index in [4.69, 9.17) is 0 Å². The van der Waals surface area contributed by atoms with Crippen molar-refractivity contribution in [2.75, 3.05) is 9.62 Å². The summed E-state index contributed by atoms with van der Waals surface area (Å²) in [7, 11) is 0. The van der Waals surface area contributed by atoms with Crippen molar-refractivity contribution < 1.29 is 0 Å². The molecule has 0 radical (unpaired) electrons. The van der Waals surface area contributed by atoms with Crippen LogP contribution in [0.2, 0.25) is 0 Å². The van der Waals surface area contributed by atoms with E-state index in [1.165, 1.54) is 156 Å². The van der Waals surface area contributed by atoms with Crippen LogP contribution in [0.1, 0.15) is 0 Å². The highest BCUT2D eigenvalue weighted by Gasteiger charge is 2.44. The first-order valence-electron chi connectivity index (χ1n) is 30.7. The van der Waals surface area contributed by atoms with Crippen LogP contribution >= 0.6 is 15.9 Å². The predicted molar refractivity (Wildman–Crippen MR) is 382 cm³/mol. The van der Waals surface area contributed by atoms with Crippen LogP contribution in [0.5, 0.6) is 0 Å². The summed E-state index contributed by atoms with van der Waals surface area (Å²) in [6.07, 6.45) is 0. The quantitative estimate of drug-likeness (QED) is 0.153. The van der Waals surface area contributed by atoms with Gasteiger partial charge in [-0.1, -0.05) is 277 Å². The fourth-order valence-corrected chi connectivity index (χ4v) is 14.9. The van der Waals surface area contributed by atoms with Gasteiger partial charge in [-0.25, -0.2) is 0 Å². The zero-order valence-electron chi connectivity index (χ0n) is 48.7. The Morgan fingerprint density at radius 2 is 0.416 bits per heavy atom. The maximum absolute atomic E-state index is 3.70. The number of hydrogen-bond donors (Lipinski definition) is 0. The Hall–Kier alpha value is -10.7. The Morgan fingerprint density at radius 1 is 0.180 bits per heavy atom. The molecule has 4 aliphatic heterocycles. The van der Waals surface area contributed by atoms with Gasteiger partial charge in [0.25, 0.3) is 0 Å². The standard InChI is InChI=1S/C54H36BN.C30H19BBrN/c1-3-14-37(15-4-1)39-18-11-19-40(32-39)41-20-12-21-42(33-41)43-22-13-23-44(34-43)46-29-31-54-50(36-46)48-25-8-10-27-52(48)55-51-26-9-7-24-47(51)49-35-45(28-30-53(49)56(54)55)38-16-5-2-6-17-38;32-22-15-17-30-26(19-22)24-11-5-7-13-28(24)31-27-12-6-4-10-23(27)25-18-21(14-16-29(25)33(30)31)20-8-2-1-3-9-20/h1-36H;1-19H. The third-order valence-corrected chi connectivity index (χ3v) is 19.1. The first-order valence-corrected chi connectivity index (χ1v) is 31.5. The normalized spacial score (nSPS) is 12.5. The SMILES string of the molecule is Brc1ccc2c(c1)-c1ccccc1B1c3ccccc3-c3cc(-c4ccccc4)ccc3N12.c1ccc(-c2cccc(-c3cccc(-c4cccc(-c5ccc6c(c5)-c5ccccc5B5c7ccccc7-c7cc(-c8ccccc8)ccc7N56)c4)c3)c2)cc1. The van der Waals surface area contributed by atoms with E-state index >= 15 is 0 Å². The fraction of sp³-hybridized carbons (Fsp3) is 0. The van der Waals surface area contributed by atoms with Crippen LogP contribution in [0.25, 0.3) is 111 Å². The summed E-state index contributed by atoms with van der Waals surface area (Å²) in [4.78, 5) is 5.12. The van der Waals surface area contributed by atoms with Crippen LogP contribution in [0.3, 0.4) is 0 Å². The van der Waals surface area contributed by atoms with Crippen LogP contribution < -0.4 is 31.5 Å². The molecule has 5 heteroatoms. The molecule has 0 spiro atoms. The van der Waals surface area contributed by atoms with E-state index < -0.39 is 0 Å². The minimum atomic E-state index is 0.0832. The van der Waals surface area contributed by atoms with E-state index in [2.05, 4.69) is 359 Å². The third-order valence-electron chi connectivity index (χ3n) is 18.6. The largest absolute Gasteiger partial charge is 0.376 e. The van der Waals surface area contributed by atoms with E-state index in [0.29, 0.717) is 0 Å². The lowest BCUT2D eigenvalue weighted by atomic mass is 9.43. The van der Waals surface area contributed by atoms with Gasteiger partial charge >= 0.3 is 13.7 Å². The lowest BCUT2D eigenvalue weighted by Gasteiger charge is -2.43. The molecule has 4 heterocycles. The van der Waals surface area contributed by atoms with Gasteiger partial charge in [-0.05, 0) is 184 Å². The average molecular weight is 1190 g/mol. The Kier molecular flexibility index (Phi) is 12.9. The molecule has 89 heavy (non-hydrogen) atoms. The molecule has 18 rings (SSSR count). The molecule has 2 nitrogen and oxygen atoms in total. The Morgan fingerprint density at radius 3 is 0.742 bits per heavy atom. The second-order valence-corrected chi connectivity index (χ2v) is 24.5. The highest BCUT2D eigenvalue weighted by atomic mass is 79.9. The molecule has 14 aromatic carbocycles. The zero-order chi connectivity index (χ0) is 58.9. The van der Waals surface area contributed by atoms with Crippen molar-refractivity contribution in [3.8, 4) is 111 Å². The predicted octanol–water partition coefficient (Wildman–Crippen LogP) is 19.9. The number of halogens is 1. The molecule has 0 atom stereocenters. The van der Waals surface area contributed by atoms with Gasteiger partial charge < -0.3 is 9.62 Å². The second kappa shape index (κ2) is 21.9. The molecule has 0 fully saturated rings. The second-order valence-electron chi connectivity index (χ2n) is 23.6. The number of benzene rings is 14. The van der Waals surface area contributed by atoms with Gasteiger partial charge in [0, 0.05) is 49.5 Å². The number of nitrogens with zero attached hydrogens (tertiary/aromatic N) is 2. The number of fused-ring (bicyclic) bond motifs is 22. The van der Waals surface area contributed by atoms with E-state index in [1.807, 2.05) is 0 Å². The summed E-state index contributed by atoms with van der Waals surface area (Å²) < 4.78 is 1.10. The first-order chi connectivity index (χ1) is 44.1. The molecule has 0 amide bonds. The van der Waals surface area contributed by atoms with Crippen LogP contribution in [0.15, 0.2) is 338 Å². The van der Waals surface area contributed by atoms with E-state index in [9.17, 15) is 0 Å². The Bertz CT molecular complexity index is 5080. The molecular formula is C84H55B2BrN2. The lowest BCUT2D eigenvalue weighted by Crippen LogP contribution is -2.59. The number of hydrogen-bond acceptors (Lipinski definition) is 2. The van der Waals surface area contributed by atoms with Crippen molar-refractivity contribution in [2.24, 2.45) is 0 Å². The maximum Gasteiger partial charge on any atom is 0.329 e. The molecule has 0 N–H and O–H groups in total. The molecule has 0 aromatic heterocycles. The van der Waals surface area contributed by atoms with Crippen molar-refractivity contribution in [3.63, 3.8) is 0 Å². The van der Waals surface area contributed by atoms with Crippen molar-refractivity contribution in [3.05, 3.63) is 338 Å². The van der Waals surface area contributed by atoms with Gasteiger partial charge in [0.15, 0.2) is 0 Å². The maximum atomic E-state index is 3.70. The monoisotopic (exact) mass is 1190 g/mol. The molecule has 0 saturated heterocycles. The summed E-state index contributed by atoms with van der Waals surface area (Å²) in [5.74, 6) is 0. The van der Waals surface area contributed by atoms with Crippen LogP contribution in [-0.2, 0) is 0 Å². The summed E-state index contributed by atoms with van der Waals surface area (Å²) in [6.45, 7) is 0.237. The van der Waals surface area contributed by atoms with Gasteiger partial charge in [-0.2, -0.15) is 0 Å². The van der Waals surface area contributed by atoms with E-state index in [1.54, 1.807) is 0 Å². The smallest absolute Gasteiger partial charge is 0.329 e. The summed E-state index contributed by atoms with van der Waals surface area (Å²) in [5, 5.41) is 0. The Balaban J connectivity index is 0.000000157. The van der Waals surface area contributed by atoms with Gasteiger partial charge in [0.2, 0.25) is 0 Å². The highest BCUT2D eigenvalue weighted by molar-refractivity contribution is 9.10. The topological polar surface area (TPSA) is 6.48 Å². The highest BCUT2D eigenvalue weighted by Crippen LogP contribution is 2.50. The van der Waals surface area contributed by atoms with Crippen molar-refractivity contribution in [1.29, 1.82) is 0 Å². The van der Waals surface area contributed by atoms with Gasteiger partial charge in [-0.15, -0.1) is 0 Å². The third kappa shape index (κ3) is 9.11. The molecule has 0 aliphatic carbocycles. The van der Waals surface area contributed by atoms with Gasteiger partial charge in [0.05, 0.1) is 0 Å². The van der Waals surface area contributed by atoms with Gasteiger partial charge in [0.1, 0.15) is 0 Å². The summed E-state index contributed by atoms with van der Waals surface area (Å²) in [5.41, 5.74) is 35.4. The Labute approximate surface area is 529 Å². The van der Waals surface area contributed by atoms with Crippen LogP contribution in [-0.4, -0.2) is 13.7 Å². The molecule has 0 bridgehead atoms. The number of rotatable bonds is 6. The molecular weight excluding hydrogens is 1140 g/mol. The minimum Gasteiger partial charge on any atom is -0.376 e. The molecule has 0 unspecified atom stereocenters. The minimum absolute atomic E-state index is 0.0832. The summed E-state index contributed by atoms with van der Waals surface area (Å²) in [6, 6.07) is 122. The van der Waals surface area contributed by atoms with Crippen LogP contribution in [0.4, 0.5) is 22.7 Å². The van der Waals surface area contributed by atoms with Crippen molar-refractivity contribution in [2.45, 2.75) is 0 Å². The van der Waals surface area contributed by atoms with Crippen molar-refractivity contribution in [1.82, 2.24) is 0 Å². The lowest BCUT2D eigenvalue weighted by molar-refractivity contribution is 1.34. The van der Waals surface area contributed by atoms with E-state index in [-0.39, 0.29) is 13.7 Å².